The Bertz CT molecular complexity index is 1110. The molecule has 0 aliphatic carbocycles. The molecule has 2 aromatic heterocycles. The summed E-state index contributed by atoms with van der Waals surface area (Å²) in [5.41, 5.74) is 6.04. The molecule has 0 unspecified atom stereocenters. The highest BCUT2D eigenvalue weighted by Crippen LogP contribution is 2.36. The molecule has 0 radical (unpaired) electrons. The molecule has 0 amide bonds. The minimum atomic E-state index is -4.87. The number of nitrogens with two attached hydrogens (primary N) is 1. The maximum atomic E-state index is 13.8. The molecule has 0 bridgehead atoms. The number of fused-ring (bicyclic) bond motifs is 1. The number of nitrogens with zero attached hydrogens (tertiary/aromatic N) is 2. The van der Waals surface area contributed by atoms with E-state index < -0.39 is 24.1 Å². The number of benzene rings is 1. The molecule has 33 heavy (non-hydrogen) atoms. The van der Waals surface area contributed by atoms with E-state index in [4.69, 9.17) is 10.5 Å². The number of aromatic nitrogens is 2. The Hall–Kier alpha value is -3.01. The Morgan fingerprint density at radius 1 is 1.06 bits per heavy atom. The Balaban J connectivity index is 1.95. The van der Waals surface area contributed by atoms with Crippen LogP contribution in [0.2, 0.25) is 0 Å². The molecule has 178 valence electrons. The van der Waals surface area contributed by atoms with Crippen molar-refractivity contribution in [3.05, 3.63) is 48.3 Å². The van der Waals surface area contributed by atoms with Gasteiger partial charge in [0.25, 0.3) is 6.43 Å². The van der Waals surface area contributed by atoms with Crippen LogP contribution in [-0.4, -0.2) is 28.5 Å². The van der Waals surface area contributed by atoms with Crippen molar-refractivity contribution in [2.45, 2.75) is 45.5 Å². The number of pyridine rings is 2. The fraction of sp³-hybridized carbons (Fsp3) is 0.391. The molecule has 0 aliphatic heterocycles. The molecule has 3 aromatic rings. The highest BCUT2D eigenvalue weighted by Gasteiger charge is 2.31. The van der Waals surface area contributed by atoms with Crippen molar-refractivity contribution in [2.75, 3.05) is 6.61 Å². The van der Waals surface area contributed by atoms with E-state index in [9.17, 15) is 22.0 Å². The summed E-state index contributed by atoms with van der Waals surface area (Å²) in [6, 6.07) is 6.29. The molecule has 2 N–H and O–H groups in total. The lowest BCUT2D eigenvalue weighted by Crippen LogP contribution is -2.35. The second-order valence-corrected chi connectivity index (χ2v) is 8.60. The SMILES string of the molecule is C[C@H](COc1cnc(-c2ccnc3ccc(OC(F)(F)F)cc23)cc1C(F)F)CC(C)(C)N. The van der Waals surface area contributed by atoms with Crippen LogP contribution in [-0.2, 0) is 0 Å². The van der Waals surface area contributed by atoms with E-state index in [1.165, 1.54) is 30.6 Å². The van der Waals surface area contributed by atoms with E-state index in [1.54, 1.807) is 0 Å². The predicted molar refractivity (Wildman–Crippen MR) is 114 cm³/mol. The number of hydrogen-bond donors (Lipinski definition) is 1. The molecule has 0 fully saturated rings. The molecule has 0 aliphatic rings. The van der Waals surface area contributed by atoms with Gasteiger partial charge in [0.2, 0.25) is 0 Å². The zero-order chi connectivity index (χ0) is 24.4. The normalized spacial score (nSPS) is 13.4. The first kappa shape index (κ1) is 24.6. The first-order chi connectivity index (χ1) is 15.3. The molecular weight excluding hydrogens is 445 g/mol. The second-order valence-electron chi connectivity index (χ2n) is 8.60. The van der Waals surface area contributed by atoms with Crippen LogP contribution in [0, 0.1) is 5.92 Å². The van der Waals surface area contributed by atoms with Gasteiger partial charge in [-0.2, -0.15) is 0 Å². The standard InChI is InChI=1S/C23H24F5N3O2/c1-13(10-22(2,3)29)12-32-20-11-31-19(9-17(20)21(24)25)15-6-7-30-18-5-4-14(8-16(15)18)33-23(26,27)28/h4-9,11,13,21H,10,12,29H2,1-3H3/t13-/m0/s1. The van der Waals surface area contributed by atoms with Crippen LogP contribution in [0.25, 0.3) is 22.2 Å². The number of rotatable bonds is 8. The Kier molecular flexibility index (Phi) is 7.06. The van der Waals surface area contributed by atoms with Gasteiger partial charge in [-0.05, 0) is 56.5 Å². The van der Waals surface area contributed by atoms with Gasteiger partial charge in [0.15, 0.2) is 0 Å². The lowest BCUT2D eigenvalue weighted by Gasteiger charge is -2.23. The number of ether oxygens (including phenoxy) is 2. The van der Waals surface area contributed by atoms with Crippen LogP contribution < -0.4 is 15.2 Å². The van der Waals surface area contributed by atoms with Crippen LogP contribution in [0.5, 0.6) is 11.5 Å². The number of hydrogen-bond acceptors (Lipinski definition) is 5. The molecule has 1 atom stereocenters. The maximum Gasteiger partial charge on any atom is 0.573 e. The molecule has 1 aromatic carbocycles. The van der Waals surface area contributed by atoms with E-state index in [0.29, 0.717) is 17.5 Å². The average molecular weight is 469 g/mol. The fourth-order valence-electron chi connectivity index (χ4n) is 3.63. The van der Waals surface area contributed by atoms with Crippen LogP contribution in [0.1, 0.15) is 39.2 Å². The van der Waals surface area contributed by atoms with E-state index in [0.717, 1.165) is 12.1 Å². The van der Waals surface area contributed by atoms with Crippen LogP contribution in [0.3, 0.4) is 0 Å². The van der Waals surface area contributed by atoms with Crippen LogP contribution >= 0.6 is 0 Å². The van der Waals surface area contributed by atoms with Crippen molar-refractivity contribution >= 4 is 10.9 Å². The monoisotopic (exact) mass is 469 g/mol. The summed E-state index contributed by atoms with van der Waals surface area (Å²) in [6.45, 7) is 5.82. The fourth-order valence-corrected chi connectivity index (χ4v) is 3.63. The van der Waals surface area contributed by atoms with Gasteiger partial charge in [0, 0.05) is 22.7 Å². The first-order valence-corrected chi connectivity index (χ1v) is 10.2. The summed E-state index contributed by atoms with van der Waals surface area (Å²) in [4.78, 5) is 8.34. The summed E-state index contributed by atoms with van der Waals surface area (Å²) in [6.07, 6.45) is -4.47. The van der Waals surface area contributed by atoms with Crippen molar-refractivity contribution in [1.29, 1.82) is 0 Å². The minimum absolute atomic E-state index is 0.0198. The van der Waals surface area contributed by atoms with Crippen LogP contribution in [0.4, 0.5) is 22.0 Å². The quantitative estimate of drug-likeness (QED) is 0.394. The van der Waals surface area contributed by atoms with Gasteiger partial charge in [0.1, 0.15) is 11.5 Å². The van der Waals surface area contributed by atoms with E-state index in [1.807, 2.05) is 20.8 Å². The van der Waals surface area contributed by atoms with Gasteiger partial charge in [-0.1, -0.05) is 6.92 Å². The first-order valence-electron chi connectivity index (χ1n) is 10.2. The van der Waals surface area contributed by atoms with Crippen LogP contribution in [0.15, 0.2) is 42.7 Å². The zero-order valence-corrected chi connectivity index (χ0v) is 18.3. The zero-order valence-electron chi connectivity index (χ0n) is 18.3. The summed E-state index contributed by atoms with van der Waals surface area (Å²) < 4.78 is 75.0. The van der Waals surface area contributed by atoms with Crippen molar-refractivity contribution in [3.8, 4) is 22.8 Å². The van der Waals surface area contributed by atoms with E-state index in [-0.39, 0.29) is 34.9 Å². The molecule has 0 spiro atoms. The lowest BCUT2D eigenvalue weighted by atomic mass is 9.93. The largest absolute Gasteiger partial charge is 0.573 e. The highest BCUT2D eigenvalue weighted by molar-refractivity contribution is 5.94. The van der Waals surface area contributed by atoms with Gasteiger partial charge < -0.3 is 15.2 Å². The Labute approximate surface area is 187 Å². The molecule has 5 nitrogen and oxygen atoms in total. The van der Waals surface area contributed by atoms with Crippen molar-refractivity contribution in [1.82, 2.24) is 9.97 Å². The molecule has 3 rings (SSSR count). The second kappa shape index (κ2) is 9.46. The third kappa shape index (κ3) is 6.74. The van der Waals surface area contributed by atoms with Gasteiger partial charge in [-0.15, -0.1) is 13.2 Å². The third-order valence-corrected chi connectivity index (χ3v) is 4.75. The summed E-state index contributed by atoms with van der Waals surface area (Å²) in [5.74, 6) is -0.489. The van der Waals surface area contributed by atoms with Crippen molar-refractivity contribution in [3.63, 3.8) is 0 Å². The number of halogens is 5. The van der Waals surface area contributed by atoms with Gasteiger partial charge in [-0.3, -0.25) is 9.97 Å². The number of alkyl halides is 5. The summed E-state index contributed by atoms with van der Waals surface area (Å²) >= 11 is 0. The smallest absolute Gasteiger partial charge is 0.491 e. The van der Waals surface area contributed by atoms with Gasteiger partial charge in [-0.25, -0.2) is 8.78 Å². The van der Waals surface area contributed by atoms with Crippen molar-refractivity contribution in [2.24, 2.45) is 11.7 Å². The van der Waals surface area contributed by atoms with Crippen molar-refractivity contribution < 1.29 is 31.4 Å². The molecule has 10 heteroatoms. The topological polar surface area (TPSA) is 70.3 Å². The van der Waals surface area contributed by atoms with E-state index >= 15 is 0 Å². The van der Waals surface area contributed by atoms with Gasteiger partial charge in [0.05, 0.1) is 29.6 Å². The Morgan fingerprint density at radius 3 is 2.42 bits per heavy atom. The minimum Gasteiger partial charge on any atom is -0.491 e. The maximum absolute atomic E-state index is 13.8. The predicted octanol–water partition coefficient (Wildman–Crippen LogP) is 6.28. The highest BCUT2D eigenvalue weighted by atomic mass is 19.4. The molecular formula is C23H24F5N3O2. The average Bonchev–Trinajstić information content (AvgIpc) is 2.69. The molecule has 2 heterocycles. The summed E-state index contributed by atoms with van der Waals surface area (Å²) in [5, 5.41) is 0.277. The molecule has 0 saturated carbocycles. The van der Waals surface area contributed by atoms with Gasteiger partial charge >= 0.3 is 6.36 Å². The lowest BCUT2D eigenvalue weighted by molar-refractivity contribution is -0.274. The summed E-state index contributed by atoms with van der Waals surface area (Å²) in [7, 11) is 0. The Morgan fingerprint density at radius 2 is 1.79 bits per heavy atom. The molecule has 0 saturated heterocycles. The third-order valence-electron chi connectivity index (χ3n) is 4.75. The van der Waals surface area contributed by atoms with E-state index in [2.05, 4.69) is 14.7 Å².